The number of ether oxygens (including phenoxy) is 3. The van der Waals surface area contributed by atoms with E-state index in [1.807, 2.05) is 0 Å². The number of fused-ring (bicyclic) bond motifs is 1. The van der Waals surface area contributed by atoms with E-state index in [0.29, 0.717) is 34.7 Å². The van der Waals surface area contributed by atoms with Crippen molar-refractivity contribution >= 4 is 46.5 Å². The highest BCUT2D eigenvalue weighted by molar-refractivity contribution is 7.17. The molecule has 1 aromatic carbocycles. The number of amides is 3. The SMILES string of the molecule is O=C(COC(=O)c1ccc(Cl)s1)NC(=O)Nc1ccc2c(c1)OCCO2. The van der Waals surface area contributed by atoms with E-state index in [1.54, 1.807) is 24.3 Å². The Hall–Kier alpha value is -2.78. The van der Waals surface area contributed by atoms with Crippen LogP contribution in [0.5, 0.6) is 11.5 Å². The average Bonchev–Trinajstić information content (AvgIpc) is 3.06. The summed E-state index contributed by atoms with van der Waals surface area (Å²) in [6, 6.07) is 7.12. The monoisotopic (exact) mass is 396 g/mol. The largest absolute Gasteiger partial charge is 0.486 e. The van der Waals surface area contributed by atoms with Crippen LogP contribution in [0.1, 0.15) is 9.67 Å². The molecule has 0 saturated heterocycles. The van der Waals surface area contributed by atoms with Gasteiger partial charge in [0.25, 0.3) is 5.91 Å². The van der Waals surface area contributed by atoms with Gasteiger partial charge in [-0.15, -0.1) is 11.3 Å². The Labute approximate surface area is 157 Å². The molecule has 2 aromatic rings. The quantitative estimate of drug-likeness (QED) is 0.770. The molecule has 26 heavy (non-hydrogen) atoms. The van der Waals surface area contributed by atoms with Crippen LogP contribution in [-0.2, 0) is 9.53 Å². The van der Waals surface area contributed by atoms with Gasteiger partial charge in [-0.3, -0.25) is 10.1 Å². The minimum atomic E-state index is -0.768. The molecule has 0 unspecified atom stereocenters. The molecule has 2 heterocycles. The van der Waals surface area contributed by atoms with Crippen molar-refractivity contribution in [3.8, 4) is 11.5 Å². The first-order chi connectivity index (χ1) is 12.5. The van der Waals surface area contributed by atoms with Crippen LogP contribution in [0.2, 0.25) is 4.34 Å². The summed E-state index contributed by atoms with van der Waals surface area (Å²) >= 11 is 6.75. The molecule has 1 aliphatic rings. The zero-order valence-electron chi connectivity index (χ0n) is 13.2. The number of thiophene rings is 1. The minimum Gasteiger partial charge on any atom is -0.486 e. The van der Waals surface area contributed by atoms with E-state index < -0.39 is 24.5 Å². The van der Waals surface area contributed by atoms with E-state index in [4.69, 9.17) is 25.8 Å². The van der Waals surface area contributed by atoms with Gasteiger partial charge in [-0.25, -0.2) is 9.59 Å². The van der Waals surface area contributed by atoms with Crippen LogP contribution in [0, 0.1) is 0 Å². The van der Waals surface area contributed by atoms with Crippen molar-refractivity contribution < 1.29 is 28.6 Å². The fourth-order valence-electron chi connectivity index (χ4n) is 2.07. The Kier molecular flexibility index (Phi) is 5.59. The summed E-state index contributed by atoms with van der Waals surface area (Å²) in [5.74, 6) is -0.372. The summed E-state index contributed by atoms with van der Waals surface area (Å²) in [7, 11) is 0. The van der Waals surface area contributed by atoms with Crippen molar-refractivity contribution in [2.24, 2.45) is 0 Å². The third kappa shape index (κ3) is 4.64. The summed E-state index contributed by atoms with van der Waals surface area (Å²) in [6.07, 6.45) is 0. The lowest BCUT2D eigenvalue weighted by molar-refractivity contribution is -0.123. The Morgan fingerprint density at radius 3 is 2.62 bits per heavy atom. The number of urea groups is 1. The molecule has 0 saturated carbocycles. The summed E-state index contributed by atoms with van der Waals surface area (Å²) in [4.78, 5) is 35.5. The number of nitrogens with one attached hydrogen (secondary N) is 2. The van der Waals surface area contributed by atoms with Gasteiger partial charge < -0.3 is 19.5 Å². The maximum atomic E-state index is 11.8. The molecule has 3 rings (SSSR count). The van der Waals surface area contributed by atoms with E-state index >= 15 is 0 Å². The molecule has 0 spiro atoms. The van der Waals surface area contributed by atoms with Crippen LogP contribution in [-0.4, -0.2) is 37.7 Å². The van der Waals surface area contributed by atoms with Crippen LogP contribution < -0.4 is 20.1 Å². The highest BCUT2D eigenvalue weighted by Gasteiger charge is 2.16. The molecule has 0 aliphatic carbocycles. The number of imide groups is 1. The van der Waals surface area contributed by atoms with Crippen molar-refractivity contribution in [2.75, 3.05) is 25.1 Å². The van der Waals surface area contributed by atoms with E-state index in [0.717, 1.165) is 11.3 Å². The van der Waals surface area contributed by atoms with Crippen molar-refractivity contribution in [3.05, 3.63) is 39.5 Å². The van der Waals surface area contributed by atoms with Crippen LogP contribution in [0.4, 0.5) is 10.5 Å². The lowest BCUT2D eigenvalue weighted by Gasteiger charge is -2.19. The van der Waals surface area contributed by atoms with Gasteiger partial charge in [0.2, 0.25) is 0 Å². The first-order valence-corrected chi connectivity index (χ1v) is 8.63. The molecule has 136 valence electrons. The maximum absolute atomic E-state index is 11.8. The molecule has 10 heteroatoms. The summed E-state index contributed by atoms with van der Waals surface area (Å²) in [5.41, 5.74) is 0.421. The third-order valence-corrected chi connectivity index (χ3v) is 4.37. The molecule has 3 amide bonds. The van der Waals surface area contributed by atoms with Crippen LogP contribution in [0.3, 0.4) is 0 Å². The Morgan fingerprint density at radius 1 is 1.12 bits per heavy atom. The van der Waals surface area contributed by atoms with Crippen molar-refractivity contribution in [3.63, 3.8) is 0 Å². The number of carbonyl (C=O) groups is 3. The van der Waals surface area contributed by atoms with E-state index in [9.17, 15) is 14.4 Å². The molecule has 8 nitrogen and oxygen atoms in total. The van der Waals surface area contributed by atoms with E-state index in [2.05, 4.69) is 10.6 Å². The minimum absolute atomic E-state index is 0.267. The Balaban J connectivity index is 1.47. The first kappa shape index (κ1) is 18.0. The second-order valence-corrected chi connectivity index (χ2v) is 6.76. The number of esters is 1. The summed E-state index contributed by atoms with van der Waals surface area (Å²) < 4.78 is 16.0. The molecule has 0 atom stereocenters. The number of rotatable bonds is 4. The van der Waals surface area contributed by atoms with E-state index in [1.165, 1.54) is 6.07 Å². The average molecular weight is 397 g/mol. The first-order valence-electron chi connectivity index (χ1n) is 7.44. The molecule has 0 radical (unpaired) electrons. The van der Waals surface area contributed by atoms with Crippen molar-refractivity contribution in [2.45, 2.75) is 0 Å². The van der Waals surface area contributed by atoms with Crippen LogP contribution in [0.15, 0.2) is 30.3 Å². The van der Waals surface area contributed by atoms with Crippen molar-refractivity contribution in [1.29, 1.82) is 0 Å². The predicted molar refractivity (Wildman–Crippen MR) is 94.2 cm³/mol. The van der Waals surface area contributed by atoms with Crippen LogP contribution >= 0.6 is 22.9 Å². The van der Waals surface area contributed by atoms with Gasteiger partial charge in [-0.1, -0.05) is 11.6 Å². The Morgan fingerprint density at radius 2 is 1.88 bits per heavy atom. The topological polar surface area (TPSA) is 103 Å². The molecule has 1 aromatic heterocycles. The zero-order chi connectivity index (χ0) is 18.5. The molecule has 0 bridgehead atoms. The van der Waals surface area contributed by atoms with Gasteiger partial charge in [-0.05, 0) is 24.3 Å². The number of carbonyl (C=O) groups excluding carboxylic acids is 3. The van der Waals surface area contributed by atoms with E-state index in [-0.39, 0.29) is 4.88 Å². The number of anilines is 1. The highest BCUT2D eigenvalue weighted by Crippen LogP contribution is 2.32. The highest BCUT2D eigenvalue weighted by atomic mass is 35.5. The van der Waals surface area contributed by atoms with Gasteiger partial charge in [0.05, 0.1) is 4.34 Å². The lowest BCUT2D eigenvalue weighted by Crippen LogP contribution is -2.37. The fraction of sp³-hybridized carbons (Fsp3) is 0.188. The molecular weight excluding hydrogens is 384 g/mol. The normalized spacial score (nSPS) is 12.2. The molecule has 0 fully saturated rings. The second-order valence-electron chi connectivity index (χ2n) is 5.04. The number of hydrogen-bond acceptors (Lipinski definition) is 7. The maximum Gasteiger partial charge on any atom is 0.348 e. The third-order valence-electron chi connectivity index (χ3n) is 3.16. The molecular formula is C16H13ClN2O6S. The standard InChI is InChI=1S/C16H13ClN2O6S/c17-13-4-3-12(26-13)15(21)25-8-14(20)19-16(22)18-9-1-2-10-11(7-9)24-6-5-23-10/h1-4,7H,5-6,8H2,(H2,18,19,20,22). The second kappa shape index (κ2) is 8.07. The zero-order valence-corrected chi connectivity index (χ0v) is 14.8. The Bertz CT molecular complexity index is 853. The number of hydrogen-bond donors (Lipinski definition) is 2. The van der Waals surface area contributed by atoms with Crippen molar-refractivity contribution in [1.82, 2.24) is 5.32 Å². The van der Waals surface area contributed by atoms with Gasteiger partial charge in [0.1, 0.15) is 18.1 Å². The van der Waals surface area contributed by atoms with Gasteiger partial charge in [-0.2, -0.15) is 0 Å². The molecule has 2 N–H and O–H groups in total. The van der Waals surface area contributed by atoms with Gasteiger partial charge in [0, 0.05) is 11.8 Å². The molecule has 1 aliphatic heterocycles. The van der Waals surface area contributed by atoms with Gasteiger partial charge in [0.15, 0.2) is 18.1 Å². The van der Waals surface area contributed by atoms with Gasteiger partial charge >= 0.3 is 12.0 Å². The predicted octanol–water partition coefficient (Wildman–Crippen LogP) is 2.68. The smallest absolute Gasteiger partial charge is 0.348 e. The summed E-state index contributed by atoms with van der Waals surface area (Å²) in [5, 5.41) is 4.54. The number of benzene rings is 1. The van der Waals surface area contributed by atoms with Crippen LogP contribution in [0.25, 0.3) is 0 Å². The number of halogens is 1. The summed E-state index contributed by atoms with van der Waals surface area (Å²) in [6.45, 7) is 0.288. The lowest BCUT2D eigenvalue weighted by atomic mass is 10.2. The fourth-order valence-corrected chi connectivity index (χ4v) is 3.01.